The topological polar surface area (TPSA) is 61.0 Å². The van der Waals surface area contributed by atoms with Crippen molar-refractivity contribution in [1.82, 2.24) is 9.97 Å². The minimum absolute atomic E-state index is 0.367. The zero-order valence-corrected chi connectivity index (χ0v) is 12.3. The number of nitrogens with two attached hydrogens (primary N) is 1. The van der Waals surface area contributed by atoms with E-state index in [2.05, 4.69) is 18.8 Å². The Morgan fingerprint density at radius 1 is 1.47 bits per heavy atom. The summed E-state index contributed by atoms with van der Waals surface area (Å²) >= 11 is 0. The van der Waals surface area contributed by atoms with E-state index in [0.29, 0.717) is 12.5 Å². The SMILES string of the molecule is CCOC(C)(CC)c1ncc2c(n1)CCC(CN)C2. The molecule has 0 aliphatic heterocycles. The quantitative estimate of drug-likeness (QED) is 0.884. The lowest BCUT2D eigenvalue weighted by Crippen LogP contribution is -2.30. The van der Waals surface area contributed by atoms with E-state index in [1.807, 2.05) is 13.1 Å². The second-order valence-corrected chi connectivity index (χ2v) is 5.53. The number of ether oxygens (including phenoxy) is 1. The Balaban J connectivity index is 2.26. The van der Waals surface area contributed by atoms with Crippen LogP contribution in [0.5, 0.6) is 0 Å². The van der Waals surface area contributed by atoms with E-state index < -0.39 is 0 Å². The van der Waals surface area contributed by atoms with Gasteiger partial charge in [-0.2, -0.15) is 0 Å². The Bertz CT molecular complexity index is 435. The van der Waals surface area contributed by atoms with Gasteiger partial charge in [-0.1, -0.05) is 6.92 Å². The van der Waals surface area contributed by atoms with Gasteiger partial charge in [0.25, 0.3) is 0 Å². The fourth-order valence-corrected chi connectivity index (χ4v) is 2.68. The number of aryl methyl sites for hydroxylation is 1. The average Bonchev–Trinajstić information content (AvgIpc) is 2.46. The van der Waals surface area contributed by atoms with Crippen LogP contribution in [0.1, 0.15) is 50.7 Å². The van der Waals surface area contributed by atoms with Crippen LogP contribution in [0.15, 0.2) is 6.20 Å². The molecular weight excluding hydrogens is 238 g/mol. The first-order chi connectivity index (χ1) is 9.12. The van der Waals surface area contributed by atoms with E-state index in [4.69, 9.17) is 15.5 Å². The average molecular weight is 263 g/mol. The van der Waals surface area contributed by atoms with Crippen molar-refractivity contribution in [2.24, 2.45) is 11.7 Å². The van der Waals surface area contributed by atoms with Gasteiger partial charge in [-0.05, 0) is 57.6 Å². The van der Waals surface area contributed by atoms with E-state index in [-0.39, 0.29) is 5.60 Å². The van der Waals surface area contributed by atoms with Crippen LogP contribution < -0.4 is 5.73 Å². The molecule has 0 radical (unpaired) electrons. The van der Waals surface area contributed by atoms with Gasteiger partial charge in [-0.3, -0.25) is 0 Å². The molecule has 0 spiro atoms. The van der Waals surface area contributed by atoms with Gasteiger partial charge < -0.3 is 10.5 Å². The molecule has 0 bridgehead atoms. The number of aromatic nitrogens is 2. The molecule has 0 amide bonds. The third-order valence-electron chi connectivity index (χ3n) is 4.20. The van der Waals surface area contributed by atoms with Crippen LogP contribution in [0.2, 0.25) is 0 Å². The standard InChI is InChI=1S/C15H25N3O/c1-4-15(3,19-5-2)14-17-10-12-8-11(9-16)6-7-13(12)18-14/h10-11H,4-9,16H2,1-3H3. The molecule has 106 valence electrons. The fraction of sp³-hybridized carbons (Fsp3) is 0.733. The summed E-state index contributed by atoms with van der Waals surface area (Å²) in [5.41, 5.74) is 7.85. The predicted molar refractivity (Wildman–Crippen MR) is 75.9 cm³/mol. The maximum Gasteiger partial charge on any atom is 0.160 e. The van der Waals surface area contributed by atoms with Gasteiger partial charge in [0, 0.05) is 18.5 Å². The number of rotatable bonds is 5. The largest absolute Gasteiger partial charge is 0.368 e. The Hall–Kier alpha value is -1.00. The molecule has 4 heteroatoms. The van der Waals surface area contributed by atoms with E-state index in [1.165, 1.54) is 11.3 Å². The Morgan fingerprint density at radius 3 is 2.89 bits per heavy atom. The van der Waals surface area contributed by atoms with E-state index >= 15 is 0 Å². The summed E-state index contributed by atoms with van der Waals surface area (Å²) in [5.74, 6) is 1.41. The zero-order chi connectivity index (χ0) is 13.9. The van der Waals surface area contributed by atoms with Gasteiger partial charge in [-0.25, -0.2) is 9.97 Å². The van der Waals surface area contributed by atoms with Gasteiger partial charge >= 0.3 is 0 Å². The second-order valence-electron chi connectivity index (χ2n) is 5.53. The van der Waals surface area contributed by atoms with Gasteiger partial charge in [0.15, 0.2) is 5.82 Å². The van der Waals surface area contributed by atoms with Crippen molar-refractivity contribution in [3.8, 4) is 0 Å². The highest BCUT2D eigenvalue weighted by Gasteiger charge is 2.30. The summed E-state index contributed by atoms with van der Waals surface area (Å²) in [6.45, 7) is 7.64. The van der Waals surface area contributed by atoms with Gasteiger partial charge in [0.1, 0.15) is 5.60 Å². The lowest BCUT2D eigenvalue weighted by molar-refractivity contribution is -0.0392. The lowest BCUT2D eigenvalue weighted by atomic mass is 9.87. The van der Waals surface area contributed by atoms with Crippen molar-refractivity contribution < 1.29 is 4.74 Å². The third kappa shape index (κ3) is 2.95. The Morgan fingerprint density at radius 2 is 2.26 bits per heavy atom. The Labute approximate surface area is 115 Å². The van der Waals surface area contributed by atoms with E-state index in [0.717, 1.165) is 38.1 Å². The van der Waals surface area contributed by atoms with Crippen LogP contribution in [-0.2, 0) is 23.2 Å². The van der Waals surface area contributed by atoms with Gasteiger partial charge in [0.2, 0.25) is 0 Å². The minimum atomic E-state index is -0.367. The van der Waals surface area contributed by atoms with Crippen LogP contribution in [-0.4, -0.2) is 23.1 Å². The zero-order valence-electron chi connectivity index (χ0n) is 12.3. The molecule has 1 aliphatic carbocycles. The van der Waals surface area contributed by atoms with E-state index in [1.54, 1.807) is 0 Å². The molecule has 2 N–H and O–H groups in total. The summed E-state index contributed by atoms with van der Waals surface area (Å²) in [6, 6.07) is 0. The predicted octanol–water partition coefficient (Wildman–Crippen LogP) is 2.20. The molecule has 0 saturated carbocycles. The summed E-state index contributed by atoms with van der Waals surface area (Å²) in [7, 11) is 0. The minimum Gasteiger partial charge on any atom is -0.368 e. The number of hydrogen-bond acceptors (Lipinski definition) is 4. The molecular formula is C15H25N3O. The first-order valence-electron chi connectivity index (χ1n) is 7.32. The number of nitrogens with zero attached hydrogens (tertiary/aromatic N) is 2. The van der Waals surface area contributed by atoms with Crippen LogP contribution in [0, 0.1) is 5.92 Å². The fourth-order valence-electron chi connectivity index (χ4n) is 2.68. The van der Waals surface area contributed by atoms with Crippen LogP contribution in [0.25, 0.3) is 0 Å². The molecule has 4 nitrogen and oxygen atoms in total. The smallest absolute Gasteiger partial charge is 0.160 e. The molecule has 2 atom stereocenters. The van der Waals surface area contributed by atoms with Crippen LogP contribution in [0.4, 0.5) is 0 Å². The maximum absolute atomic E-state index is 5.85. The first-order valence-corrected chi connectivity index (χ1v) is 7.32. The van der Waals surface area contributed by atoms with Crippen molar-refractivity contribution in [2.45, 2.75) is 52.1 Å². The second kappa shape index (κ2) is 5.97. The molecule has 2 rings (SSSR count). The van der Waals surface area contributed by atoms with Crippen molar-refractivity contribution >= 4 is 0 Å². The number of fused-ring (bicyclic) bond motifs is 1. The molecule has 1 aliphatic rings. The van der Waals surface area contributed by atoms with Gasteiger partial charge in [0.05, 0.1) is 0 Å². The summed E-state index contributed by atoms with van der Waals surface area (Å²) in [4.78, 5) is 9.31. The molecule has 0 fully saturated rings. The molecule has 1 heterocycles. The van der Waals surface area contributed by atoms with Crippen molar-refractivity contribution in [3.05, 3.63) is 23.3 Å². The van der Waals surface area contributed by atoms with Crippen molar-refractivity contribution in [2.75, 3.05) is 13.2 Å². The third-order valence-corrected chi connectivity index (χ3v) is 4.20. The molecule has 1 aromatic rings. The summed E-state index contributed by atoms with van der Waals surface area (Å²) in [5, 5.41) is 0. The molecule has 1 aromatic heterocycles. The van der Waals surface area contributed by atoms with E-state index in [9.17, 15) is 0 Å². The normalized spacial score (nSPS) is 21.8. The Kier molecular flexibility index (Phi) is 4.53. The highest BCUT2D eigenvalue weighted by molar-refractivity contribution is 5.23. The highest BCUT2D eigenvalue weighted by Crippen LogP contribution is 2.29. The molecule has 19 heavy (non-hydrogen) atoms. The van der Waals surface area contributed by atoms with Crippen molar-refractivity contribution in [1.29, 1.82) is 0 Å². The van der Waals surface area contributed by atoms with Crippen LogP contribution in [0.3, 0.4) is 0 Å². The summed E-state index contributed by atoms with van der Waals surface area (Å²) in [6.07, 6.45) is 6.02. The molecule has 0 aromatic carbocycles. The maximum atomic E-state index is 5.85. The van der Waals surface area contributed by atoms with Crippen molar-refractivity contribution in [3.63, 3.8) is 0 Å². The van der Waals surface area contributed by atoms with Crippen LogP contribution >= 0.6 is 0 Å². The molecule has 0 saturated heterocycles. The molecule has 2 unspecified atom stereocenters. The van der Waals surface area contributed by atoms with Gasteiger partial charge in [-0.15, -0.1) is 0 Å². The monoisotopic (exact) mass is 263 g/mol. The lowest BCUT2D eigenvalue weighted by Gasteiger charge is -2.29. The first kappa shape index (κ1) is 14.4. The highest BCUT2D eigenvalue weighted by atomic mass is 16.5. The number of hydrogen-bond donors (Lipinski definition) is 1. The summed E-state index contributed by atoms with van der Waals surface area (Å²) < 4.78 is 5.85.